The Labute approximate surface area is 133 Å². The third kappa shape index (κ3) is 3.40. The van der Waals surface area contributed by atoms with Crippen LogP contribution >= 0.6 is 23.2 Å². The van der Waals surface area contributed by atoms with Gasteiger partial charge in [0.2, 0.25) is 10.0 Å². The molecule has 1 heterocycles. The minimum atomic E-state index is -3.75. The fraction of sp³-hybridized carbons (Fsp3) is 0.308. The molecule has 1 aromatic heterocycles. The first-order valence-electron chi connectivity index (χ1n) is 6.12. The predicted octanol–water partition coefficient (Wildman–Crippen LogP) is 3.64. The Balaban J connectivity index is 2.32. The zero-order valence-electron chi connectivity index (χ0n) is 11.6. The number of halogens is 2. The van der Waals surface area contributed by atoms with Crippen molar-refractivity contribution in [1.29, 1.82) is 0 Å². The molecule has 1 atom stereocenters. The Morgan fingerprint density at radius 2 is 1.95 bits per heavy atom. The van der Waals surface area contributed by atoms with Crippen LogP contribution in [-0.4, -0.2) is 13.6 Å². The molecule has 2 rings (SSSR count). The van der Waals surface area contributed by atoms with Crippen molar-refractivity contribution in [2.75, 3.05) is 0 Å². The molecule has 0 saturated carbocycles. The molecule has 1 aromatic carbocycles. The van der Waals surface area contributed by atoms with Crippen LogP contribution in [0.2, 0.25) is 10.0 Å². The first-order chi connectivity index (χ1) is 9.72. The average molecular weight is 349 g/mol. The van der Waals surface area contributed by atoms with Gasteiger partial charge in [0.25, 0.3) is 0 Å². The highest BCUT2D eigenvalue weighted by Gasteiger charge is 2.26. The molecule has 0 saturated heterocycles. The molecule has 21 heavy (non-hydrogen) atoms. The number of nitrogens with one attached hydrogen (secondary N) is 1. The molecule has 114 valence electrons. The lowest BCUT2D eigenvalue weighted by atomic mass is 10.1. The number of aryl methyl sites for hydroxylation is 2. The maximum absolute atomic E-state index is 12.4. The van der Waals surface area contributed by atoms with Gasteiger partial charge in [0, 0.05) is 16.1 Å². The quantitative estimate of drug-likeness (QED) is 0.915. The molecule has 2 aromatic rings. The lowest BCUT2D eigenvalue weighted by molar-refractivity contribution is 0.390. The second-order valence-electron chi connectivity index (χ2n) is 4.66. The summed E-state index contributed by atoms with van der Waals surface area (Å²) in [6.07, 6.45) is 0. The third-order valence-electron chi connectivity index (χ3n) is 3.00. The van der Waals surface area contributed by atoms with Crippen molar-refractivity contribution >= 4 is 33.2 Å². The molecule has 0 aliphatic rings. The van der Waals surface area contributed by atoms with E-state index in [-0.39, 0.29) is 10.7 Å². The summed E-state index contributed by atoms with van der Waals surface area (Å²) in [6.45, 7) is 4.82. The second kappa shape index (κ2) is 5.96. The van der Waals surface area contributed by atoms with Gasteiger partial charge in [-0.05, 0) is 38.5 Å². The summed E-state index contributed by atoms with van der Waals surface area (Å²) in [5, 5.41) is 4.54. The smallest absolute Gasteiger partial charge is 0.246 e. The first kappa shape index (κ1) is 16.3. The minimum absolute atomic E-state index is 0.0550. The summed E-state index contributed by atoms with van der Waals surface area (Å²) in [5.74, 6) is 0.245. The van der Waals surface area contributed by atoms with E-state index < -0.39 is 16.1 Å². The Morgan fingerprint density at radius 1 is 1.29 bits per heavy atom. The number of aromatic nitrogens is 1. The zero-order valence-corrected chi connectivity index (χ0v) is 14.0. The second-order valence-corrected chi connectivity index (χ2v) is 7.16. The summed E-state index contributed by atoms with van der Waals surface area (Å²) in [6, 6.07) is 4.39. The van der Waals surface area contributed by atoms with Crippen molar-refractivity contribution in [3.05, 3.63) is 45.3 Å². The van der Waals surface area contributed by atoms with Crippen LogP contribution in [0.5, 0.6) is 0 Å². The molecule has 1 N–H and O–H groups in total. The van der Waals surface area contributed by atoms with Gasteiger partial charge in [-0.1, -0.05) is 34.4 Å². The molecule has 0 bridgehead atoms. The van der Waals surface area contributed by atoms with Crippen molar-refractivity contribution in [2.24, 2.45) is 0 Å². The molecular weight excluding hydrogens is 335 g/mol. The fourth-order valence-electron chi connectivity index (χ4n) is 2.07. The standard InChI is InChI=1S/C13H14Cl2N2O3S/c1-7(11-5-4-10(14)6-12(11)15)17-21(18,19)13-8(2)16-20-9(13)3/h4-7,17H,1-3H3. The average Bonchev–Trinajstić information content (AvgIpc) is 2.68. The molecule has 8 heteroatoms. The topological polar surface area (TPSA) is 72.2 Å². The van der Waals surface area contributed by atoms with Crippen LogP contribution in [0.4, 0.5) is 0 Å². The number of hydrogen-bond donors (Lipinski definition) is 1. The monoisotopic (exact) mass is 348 g/mol. The highest BCUT2D eigenvalue weighted by atomic mass is 35.5. The Bertz CT molecular complexity index is 752. The van der Waals surface area contributed by atoms with Gasteiger partial charge < -0.3 is 4.52 Å². The zero-order chi connectivity index (χ0) is 15.8. The number of hydrogen-bond acceptors (Lipinski definition) is 4. The van der Waals surface area contributed by atoms with E-state index >= 15 is 0 Å². The van der Waals surface area contributed by atoms with Gasteiger partial charge in [-0.15, -0.1) is 0 Å². The van der Waals surface area contributed by atoms with Gasteiger partial charge in [-0.25, -0.2) is 13.1 Å². The van der Waals surface area contributed by atoms with Crippen LogP contribution < -0.4 is 4.72 Å². The lowest BCUT2D eigenvalue weighted by Crippen LogP contribution is -2.27. The maximum atomic E-state index is 12.4. The number of rotatable bonds is 4. The first-order valence-corrected chi connectivity index (χ1v) is 8.36. The van der Waals surface area contributed by atoms with Crippen LogP contribution in [-0.2, 0) is 10.0 Å². The van der Waals surface area contributed by atoms with Crippen molar-refractivity contribution in [2.45, 2.75) is 31.7 Å². The van der Waals surface area contributed by atoms with E-state index in [1.807, 2.05) is 0 Å². The number of sulfonamides is 1. The molecule has 0 amide bonds. The van der Waals surface area contributed by atoms with Gasteiger partial charge in [-0.3, -0.25) is 0 Å². The van der Waals surface area contributed by atoms with E-state index in [9.17, 15) is 8.42 Å². The van der Waals surface area contributed by atoms with Crippen LogP contribution in [0.25, 0.3) is 0 Å². The van der Waals surface area contributed by atoms with Crippen LogP contribution in [0, 0.1) is 13.8 Å². The minimum Gasteiger partial charge on any atom is -0.360 e. The molecule has 1 unspecified atom stereocenters. The summed E-state index contributed by atoms with van der Waals surface area (Å²) in [5.41, 5.74) is 0.950. The molecule has 5 nitrogen and oxygen atoms in total. The SMILES string of the molecule is Cc1noc(C)c1S(=O)(=O)NC(C)c1ccc(Cl)cc1Cl. The van der Waals surface area contributed by atoms with Gasteiger partial charge in [-0.2, -0.15) is 0 Å². The van der Waals surface area contributed by atoms with Gasteiger partial charge in [0.1, 0.15) is 10.6 Å². The molecule has 0 aliphatic heterocycles. The van der Waals surface area contributed by atoms with E-state index in [4.69, 9.17) is 27.7 Å². The third-order valence-corrected chi connectivity index (χ3v) is 5.34. The molecular formula is C13H14Cl2N2O3S. The Hall–Kier alpha value is -1.08. The van der Waals surface area contributed by atoms with E-state index in [0.29, 0.717) is 21.3 Å². The van der Waals surface area contributed by atoms with Gasteiger partial charge >= 0.3 is 0 Å². The Kier molecular flexibility index (Phi) is 4.63. The van der Waals surface area contributed by atoms with E-state index in [1.165, 1.54) is 0 Å². The number of benzene rings is 1. The van der Waals surface area contributed by atoms with Crippen molar-refractivity contribution in [3.63, 3.8) is 0 Å². The molecule has 0 fully saturated rings. The largest absolute Gasteiger partial charge is 0.360 e. The predicted molar refractivity (Wildman–Crippen MR) is 81.2 cm³/mol. The van der Waals surface area contributed by atoms with Gasteiger partial charge in [0.05, 0.1) is 0 Å². The van der Waals surface area contributed by atoms with E-state index in [0.717, 1.165) is 0 Å². The fourth-order valence-corrected chi connectivity index (χ4v) is 4.19. The normalized spacial score (nSPS) is 13.4. The molecule has 0 aliphatic carbocycles. The maximum Gasteiger partial charge on any atom is 0.246 e. The summed E-state index contributed by atoms with van der Waals surface area (Å²) >= 11 is 11.9. The summed E-state index contributed by atoms with van der Waals surface area (Å²) in [7, 11) is -3.75. The lowest BCUT2D eigenvalue weighted by Gasteiger charge is -2.16. The van der Waals surface area contributed by atoms with Crippen LogP contribution in [0.1, 0.15) is 30.0 Å². The molecule has 0 spiro atoms. The van der Waals surface area contributed by atoms with E-state index in [2.05, 4.69) is 9.88 Å². The van der Waals surface area contributed by atoms with Gasteiger partial charge in [0.15, 0.2) is 5.76 Å². The highest BCUT2D eigenvalue weighted by molar-refractivity contribution is 7.89. The van der Waals surface area contributed by atoms with Crippen molar-refractivity contribution in [1.82, 2.24) is 9.88 Å². The molecule has 0 radical (unpaired) electrons. The Morgan fingerprint density at radius 3 is 2.48 bits per heavy atom. The summed E-state index contributed by atoms with van der Waals surface area (Å²) < 4.78 is 32.3. The van der Waals surface area contributed by atoms with E-state index in [1.54, 1.807) is 39.0 Å². The van der Waals surface area contributed by atoms with Crippen LogP contribution in [0.3, 0.4) is 0 Å². The number of nitrogens with zero attached hydrogens (tertiary/aromatic N) is 1. The van der Waals surface area contributed by atoms with Crippen molar-refractivity contribution < 1.29 is 12.9 Å². The van der Waals surface area contributed by atoms with Crippen LogP contribution in [0.15, 0.2) is 27.6 Å². The summed E-state index contributed by atoms with van der Waals surface area (Å²) in [4.78, 5) is 0.0550. The highest BCUT2D eigenvalue weighted by Crippen LogP contribution is 2.28. The van der Waals surface area contributed by atoms with Crippen molar-refractivity contribution in [3.8, 4) is 0 Å².